The molecule has 0 bridgehead atoms. The lowest BCUT2D eigenvalue weighted by atomic mass is 10.0. The van der Waals surface area contributed by atoms with Gasteiger partial charge in [-0.2, -0.15) is 0 Å². The van der Waals surface area contributed by atoms with E-state index in [-0.39, 0.29) is 36.4 Å². The van der Waals surface area contributed by atoms with Crippen LogP contribution >= 0.6 is 11.6 Å². The van der Waals surface area contributed by atoms with E-state index >= 15 is 0 Å². The SMILES string of the molecule is COc1ccccc1C1=C(Nc2cccc(Cl)c2C)C(=O)N(CCOC(C)C)C1=O. The molecular formula is C23H25ClN2O4. The zero-order valence-corrected chi connectivity index (χ0v) is 18.2. The number of rotatable bonds is 8. The normalized spacial score (nSPS) is 14.1. The van der Waals surface area contributed by atoms with Crippen molar-refractivity contribution in [2.75, 3.05) is 25.6 Å². The number of carbonyl (C=O) groups is 2. The Hall–Kier alpha value is -2.83. The molecule has 7 heteroatoms. The summed E-state index contributed by atoms with van der Waals surface area (Å²) in [6.07, 6.45) is 0.00570. The van der Waals surface area contributed by atoms with Crippen LogP contribution in [0.25, 0.3) is 5.57 Å². The van der Waals surface area contributed by atoms with Gasteiger partial charge in [-0.05, 0) is 44.5 Å². The highest BCUT2D eigenvalue weighted by Gasteiger charge is 2.40. The smallest absolute Gasteiger partial charge is 0.278 e. The quantitative estimate of drug-likeness (QED) is 0.636. The predicted molar refractivity (Wildman–Crippen MR) is 118 cm³/mol. The summed E-state index contributed by atoms with van der Waals surface area (Å²) in [6.45, 7) is 6.08. The van der Waals surface area contributed by atoms with Gasteiger partial charge in [-0.25, -0.2) is 0 Å². The molecule has 0 saturated carbocycles. The van der Waals surface area contributed by atoms with Gasteiger partial charge in [-0.15, -0.1) is 0 Å². The van der Waals surface area contributed by atoms with Crippen molar-refractivity contribution in [3.8, 4) is 5.75 Å². The van der Waals surface area contributed by atoms with Crippen LogP contribution in [0.2, 0.25) is 5.02 Å². The van der Waals surface area contributed by atoms with Crippen LogP contribution in [0.3, 0.4) is 0 Å². The lowest BCUT2D eigenvalue weighted by molar-refractivity contribution is -0.137. The van der Waals surface area contributed by atoms with Gasteiger partial charge >= 0.3 is 0 Å². The number of hydrogen-bond donors (Lipinski definition) is 1. The maximum atomic E-state index is 13.3. The average molecular weight is 429 g/mol. The number of para-hydroxylation sites is 1. The third-order valence-corrected chi connectivity index (χ3v) is 5.25. The van der Waals surface area contributed by atoms with Gasteiger partial charge in [-0.1, -0.05) is 35.9 Å². The Morgan fingerprint density at radius 2 is 1.80 bits per heavy atom. The van der Waals surface area contributed by atoms with Gasteiger partial charge in [0.25, 0.3) is 11.8 Å². The molecular weight excluding hydrogens is 404 g/mol. The van der Waals surface area contributed by atoms with Crippen molar-refractivity contribution in [1.29, 1.82) is 0 Å². The number of halogens is 1. The molecule has 30 heavy (non-hydrogen) atoms. The van der Waals surface area contributed by atoms with Crippen molar-refractivity contribution in [2.24, 2.45) is 0 Å². The number of nitrogens with zero attached hydrogens (tertiary/aromatic N) is 1. The number of nitrogens with one attached hydrogen (secondary N) is 1. The molecule has 3 rings (SSSR count). The molecule has 2 amide bonds. The van der Waals surface area contributed by atoms with E-state index in [0.29, 0.717) is 22.0 Å². The van der Waals surface area contributed by atoms with E-state index in [2.05, 4.69) is 5.32 Å². The molecule has 2 aromatic rings. The number of amides is 2. The van der Waals surface area contributed by atoms with E-state index in [1.165, 1.54) is 12.0 Å². The first-order valence-corrected chi connectivity index (χ1v) is 10.1. The lowest BCUT2D eigenvalue weighted by Crippen LogP contribution is -2.35. The Labute approximate surface area is 181 Å². The van der Waals surface area contributed by atoms with Crippen molar-refractivity contribution in [2.45, 2.75) is 26.9 Å². The Morgan fingerprint density at radius 1 is 1.07 bits per heavy atom. The zero-order chi connectivity index (χ0) is 21.8. The third-order valence-electron chi connectivity index (χ3n) is 4.84. The second kappa shape index (κ2) is 9.32. The fourth-order valence-corrected chi connectivity index (χ4v) is 3.43. The van der Waals surface area contributed by atoms with E-state index in [4.69, 9.17) is 21.1 Å². The number of ether oxygens (including phenoxy) is 2. The summed E-state index contributed by atoms with van der Waals surface area (Å²) in [6, 6.07) is 12.5. The van der Waals surface area contributed by atoms with Crippen molar-refractivity contribution in [3.63, 3.8) is 0 Å². The first-order chi connectivity index (χ1) is 14.3. The number of imide groups is 1. The molecule has 6 nitrogen and oxygen atoms in total. The fourth-order valence-electron chi connectivity index (χ4n) is 3.25. The van der Waals surface area contributed by atoms with Crippen LogP contribution < -0.4 is 10.1 Å². The van der Waals surface area contributed by atoms with Gasteiger partial charge in [0.2, 0.25) is 0 Å². The monoisotopic (exact) mass is 428 g/mol. The highest BCUT2D eigenvalue weighted by atomic mass is 35.5. The van der Waals surface area contributed by atoms with Crippen LogP contribution in [0.1, 0.15) is 25.0 Å². The largest absolute Gasteiger partial charge is 0.496 e. The maximum Gasteiger partial charge on any atom is 0.278 e. The molecule has 2 aromatic carbocycles. The molecule has 0 saturated heterocycles. The second-order valence-corrected chi connectivity index (χ2v) is 7.58. The van der Waals surface area contributed by atoms with Crippen molar-refractivity contribution >= 4 is 34.7 Å². The Bertz CT molecular complexity index is 1000. The number of anilines is 1. The molecule has 1 N–H and O–H groups in total. The maximum absolute atomic E-state index is 13.3. The molecule has 1 heterocycles. The Balaban J connectivity index is 2.05. The topological polar surface area (TPSA) is 67.9 Å². The van der Waals surface area contributed by atoms with Crippen LogP contribution in [0, 0.1) is 6.92 Å². The first kappa shape index (κ1) is 21.9. The number of methoxy groups -OCH3 is 1. The van der Waals surface area contributed by atoms with Crippen LogP contribution in [-0.2, 0) is 14.3 Å². The number of carbonyl (C=O) groups excluding carboxylic acids is 2. The highest BCUT2D eigenvalue weighted by molar-refractivity contribution is 6.37. The van der Waals surface area contributed by atoms with Gasteiger partial charge in [0, 0.05) is 16.3 Å². The standard InChI is InChI=1S/C23H25ClN2O4/c1-14(2)30-13-12-26-22(27)20(16-8-5-6-11-19(16)29-4)21(23(26)28)25-18-10-7-9-17(24)15(18)3/h5-11,14,25H,12-13H2,1-4H3. The molecule has 1 aliphatic rings. The molecule has 0 spiro atoms. The summed E-state index contributed by atoms with van der Waals surface area (Å²) in [5.74, 6) is -0.289. The third kappa shape index (κ3) is 4.35. The molecule has 0 unspecified atom stereocenters. The minimum atomic E-state index is -0.410. The fraction of sp³-hybridized carbons (Fsp3) is 0.304. The molecule has 0 aliphatic carbocycles. The van der Waals surface area contributed by atoms with Crippen LogP contribution in [0.15, 0.2) is 48.2 Å². The first-order valence-electron chi connectivity index (χ1n) is 9.72. The summed E-state index contributed by atoms with van der Waals surface area (Å²) >= 11 is 6.24. The van der Waals surface area contributed by atoms with E-state index in [0.717, 1.165) is 5.56 Å². The average Bonchev–Trinajstić information content (AvgIpc) is 2.95. The van der Waals surface area contributed by atoms with Crippen molar-refractivity contribution < 1.29 is 19.1 Å². The molecule has 0 aromatic heterocycles. The van der Waals surface area contributed by atoms with Crippen LogP contribution in [0.5, 0.6) is 5.75 Å². The predicted octanol–water partition coefficient (Wildman–Crippen LogP) is 4.27. The Kier molecular flexibility index (Phi) is 6.80. The Morgan fingerprint density at radius 3 is 2.50 bits per heavy atom. The van der Waals surface area contributed by atoms with E-state index < -0.39 is 5.91 Å². The summed E-state index contributed by atoms with van der Waals surface area (Å²) in [4.78, 5) is 27.7. The summed E-state index contributed by atoms with van der Waals surface area (Å²) in [5, 5.41) is 3.71. The zero-order valence-electron chi connectivity index (χ0n) is 17.5. The second-order valence-electron chi connectivity index (χ2n) is 7.17. The molecule has 158 valence electrons. The highest BCUT2D eigenvalue weighted by Crippen LogP contribution is 2.36. The van der Waals surface area contributed by atoms with E-state index in [1.54, 1.807) is 30.3 Å². The van der Waals surface area contributed by atoms with Crippen LogP contribution in [-0.4, -0.2) is 43.1 Å². The van der Waals surface area contributed by atoms with Gasteiger partial charge < -0.3 is 14.8 Å². The number of benzene rings is 2. The van der Waals surface area contributed by atoms with Gasteiger partial charge in [0.05, 0.1) is 31.9 Å². The van der Waals surface area contributed by atoms with E-state index in [1.807, 2.05) is 32.9 Å². The van der Waals surface area contributed by atoms with Gasteiger partial charge in [0.15, 0.2) is 0 Å². The van der Waals surface area contributed by atoms with Crippen LogP contribution in [0.4, 0.5) is 5.69 Å². The molecule has 0 atom stereocenters. The van der Waals surface area contributed by atoms with Crippen molar-refractivity contribution in [3.05, 3.63) is 64.3 Å². The summed E-state index contributed by atoms with van der Waals surface area (Å²) in [7, 11) is 1.53. The minimum absolute atomic E-state index is 0.00570. The summed E-state index contributed by atoms with van der Waals surface area (Å²) in [5.41, 5.74) is 2.45. The van der Waals surface area contributed by atoms with Gasteiger partial charge in [0.1, 0.15) is 11.4 Å². The molecule has 0 fully saturated rings. The van der Waals surface area contributed by atoms with E-state index in [9.17, 15) is 9.59 Å². The molecule has 0 radical (unpaired) electrons. The summed E-state index contributed by atoms with van der Waals surface area (Å²) < 4.78 is 11.0. The van der Waals surface area contributed by atoms with Gasteiger partial charge in [-0.3, -0.25) is 14.5 Å². The lowest BCUT2D eigenvalue weighted by Gasteiger charge is -2.17. The molecule has 1 aliphatic heterocycles. The number of hydrogen-bond acceptors (Lipinski definition) is 5. The minimum Gasteiger partial charge on any atom is -0.496 e. The van der Waals surface area contributed by atoms with Crippen molar-refractivity contribution in [1.82, 2.24) is 4.90 Å².